The van der Waals surface area contributed by atoms with Gasteiger partial charge in [-0.25, -0.2) is 0 Å². The second-order valence-corrected chi connectivity index (χ2v) is 7.48. The van der Waals surface area contributed by atoms with Crippen molar-refractivity contribution in [3.05, 3.63) is 69.9 Å². The van der Waals surface area contributed by atoms with Crippen LogP contribution in [-0.2, 0) is 11.8 Å². The second-order valence-electron chi connectivity index (χ2n) is 5.64. The van der Waals surface area contributed by atoms with Crippen LogP contribution in [0, 0.1) is 0 Å². The zero-order valence-electron chi connectivity index (χ0n) is 11.4. The molecule has 0 unspecified atom stereocenters. The molecule has 0 fully saturated rings. The highest BCUT2D eigenvalue weighted by Gasteiger charge is 2.40. The Balaban J connectivity index is 1.71. The number of rotatable bonds is 3. The first kappa shape index (κ1) is 12.4. The predicted octanol–water partition coefficient (Wildman–Crippen LogP) is 5.73. The molecule has 0 N–H and O–H groups in total. The van der Waals surface area contributed by atoms with E-state index in [1.807, 2.05) is 22.7 Å². The van der Waals surface area contributed by atoms with Crippen molar-refractivity contribution in [1.29, 1.82) is 0 Å². The molecule has 20 heavy (non-hydrogen) atoms. The highest BCUT2D eigenvalue weighted by atomic mass is 32.1. The predicted molar refractivity (Wildman–Crippen MR) is 88.8 cm³/mol. The lowest BCUT2D eigenvalue weighted by Gasteiger charge is -2.25. The summed E-state index contributed by atoms with van der Waals surface area (Å²) in [5.74, 6) is 0. The molecule has 100 valence electrons. The minimum Gasteiger partial charge on any atom is -0.143 e. The first-order chi connectivity index (χ1) is 9.79. The van der Waals surface area contributed by atoms with Crippen molar-refractivity contribution >= 4 is 22.7 Å². The maximum absolute atomic E-state index is 2.42. The fraction of sp³-hybridized carbons (Fsp3) is 0.222. The van der Waals surface area contributed by atoms with Gasteiger partial charge in [-0.05, 0) is 52.4 Å². The molecule has 2 heterocycles. The molecule has 0 amide bonds. The molecule has 0 aliphatic heterocycles. The first-order valence-electron chi connectivity index (χ1n) is 6.99. The molecule has 0 saturated heterocycles. The van der Waals surface area contributed by atoms with Gasteiger partial charge in [-0.2, -0.15) is 0 Å². The Morgan fingerprint density at radius 3 is 2.05 bits per heavy atom. The van der Waals surface area contributed by atoms with Crippen molar-refractivity contribution < 1.29 is 0 Å². The third-order valence-corrected chi connectivity index (χ3v) is 6.48. The van der Waals surface area contributed by atoms with Crippen LogP contribution in [0.25, 0.3) is 9.75 Å². The smallest absolute Gasteiger partial charge is 0.0486 e. The quantitative estimate of drug-likeness (QED) is 0.579. The molecule has 0 nitrogen and oxygen atoms in total. The van der Waals surface area contributed by atoms with Gasteiger partial charge < -0.3 is 0 Å². The average molecular weight is 296 g/mol. The summed E-state index contributed by atoms with van der Waals surface area (Å²) in [6.07, 6.45) is 2.33. The van der Waals surface area contributed by atoms with E-state index >= 15 is 0 Å². The van der Waals surface area contributed by atoms with Crippen LogP contribution in [0.5, 0.6) is 0 Å². The van der Waals surface area contributed by atoms with Gasteiger partial charge in [0.25, 0.3) is 0 Å². The molecule has 1 aromatic carbocycles. The van der Waals surface area contributed by atoms with E-state index in [4.69, 9.17) is 0 Å². The van der Waals surface area contributed by atoms with Crippen molar-refractivity contribution in [2.75, 3.05) is 0 Å². The Bertz CT molecular complexity index is 693. The largest absolute Gasteiger partial charge is 0.143 e. The van der Waals surface area contributed by atoms with Crippen LogP contribution in [-0.4, -0.2) is 0 Å². The van der Waals surface area contributed by atoms with Gasteiger partial charge in [0.05, 0.1) is 0 Å². The minimum absolute atomic E-state index is 0.195. The Morgan fingerprint density at radius 2 is 1.45 bits per heavy atom. The minimum atomic E-state index is 0.195. The molecule has 1 aliphatic rings. The van der Waals surface area contributed by atoms with Gasteiger partial charge in [0, 0.05) is 15.2 Å². The molecular weight excluding hydrogens is 280 g/mol. The van der Waals surface area contributed by atoms with Crippen molar-refractivity contribution in [3.63, 3.8) is 0 Å². The monoisotopic (exact) mass is 296 g/mol. The maximum atomic E-state index is 2.42. The van der Waals surface area contributed by atoms with Gasteiger partial charge in [-0.15, -0.1) is 22.7 Å². The standard InChI is InChI=1S/C18H16S2/c1-18(10-7-13-5-3-2-4-6-13)14-8-11-19-16(14)17-15(18)9-12-20-17/h2-6,8-9,11-12H,7,10H2,1H3. The van der Waals surface area contributed by atoms with Crippen LogP contribution < -0.4 is 0 Å². The molecule has 1 aliphatic carbocycles. The van der Waals surface area contributed by atoms with E-state index in [1.54, 1.807) is 11.1 Å². The average Bonchev–Trinajstić information content (AvgIpc) is 3.16. The van der Waals surface area contributed by atoms with Gasteiger partial charge in [-0.1, -0.05) is 37.3 Å². The van der Waals surface area contributed by atoms with E-state index in [-0.39, 0.29) is 5.41 Å². The molecule has 0 atom stereocenters. The van der Waals surface area contributed by atoms with Gasteiger partial charge in [0.2, 0.25) is 0 Å². The van der Waals surface area contributed by atoms with E-state index in [2.05, 4.69) is 60.1 Å². The molecular formula is C18H16S2. The number of aryl methyl sites for hydroxylation is 1. The van der Waals surface area contributed by atoms with Crippen LogP contribution in [0.2, 0.25) is 0 Å². The summed E-state index contributed by atoms with van der Waals surface area (Å²) in [6, 6.07) is 15.5. The van der Waals surface area contributed by atoms with Crippen LogP contribution >= 0.6 is 22.7 Å². The van der Waals surface area contributed by atoms with Crippen LogP contribution in [0.4, 0.5) is 0 Å². The summed E-state index contributed by atoms with van der Waals surface area (Å²) in [4.78, 5) is 3.01. The zero-order chi connectivity index (χ0) is 13.6. The topological polar surface area (TPSA) is 0 Å². The van der Waals surface area contributed by atoms with Gasteiger partial charge in [0.1, 0.15) is 0 Å². The van der Waals surface area contributed by atoms with E-state index in [0.717, 1.165) is 6.42 Å². The molecule has 2 aromatic heterocycles. The SMILES string of the molecule is CC1(CCc2ccccc2)c2ccsc2-c2sccc21. The summed E-state index contributed by atoms with van der Waals surface area (Å²) < 4.78 is 0. The Kier molecular flexibility index (Phi) is 2.83. The number of hydrogen-bond donors (Lipinski definition) is 0. The Morgan fingerprint density at radius 1 is 0.850 bits per heavy atom. The number of thiophene rings is 2. The van der Waals surface area contributed by atoms with Crippen LogP contribution in [0.1, 0.15) is 30.0 Å². The third kappa shape index (κ3) is 1.72. The molecule has 0 radical (unpaired) electrons. The fourth-order valence-electron chi connectivity index (χ4n) is 3.29. The lowest BCUT2D eigenvalue weighted by atomic mass is 9.77. The summed E-state index contributed by atoms with van der Waals surface area (Å²) in [5, 5.41) is 4.49. The van der Waals surface area contributed by atoms with Gasteiger partial charge >= 0.3 is 0 Å². The molecule has 3 aromatic rings. The molecule has 0 bridgehead atoms. The summed E-state index contributed by atoms with van der Waals surface area (Å²) in [7, 11) is 0. The highest BCUT2D eigenvalue weighted by Crippen LogP contribution is 2.55. The van der Waals surface area contributed by atoms with E-state index in [1.165, 1.54) is 21.7 Å². The second kappa shape index (κ2) is 4.57. The van der Waals surface area contributed by atoms with Gasteiger partial charge in [-0.3, -0.25) is 0 Å². The first-order valence-corrected chi connectivity index (χ1v) is 8.75. The van der Waals surface area contributed by atoms with E-state index < -0.39 is 0 Å². The summed E-state index contributed by atoms with van der Waals surface area (Å²) in [5.41, 5.74) is 4.72. The van der Waals surface area contributed by atoms with E-state index in [9.17, 15) is 0 Å². The van der Waals surface area contributed by atoms with Crippen molar-refractivity contribution in [1.82, 2.24) is 0 Å². The summed E-state index contributed by atoms with van der Waals surface area (Å²) >= 11 is 3.79. The Labute approximate surface area is 127 Å². The van der Waals surface area contributed by atoms with Crippen molar-refractivity contribution in [2.24, 2.45) is 0 Å². The third-order valence-electron chi connectivity index (χ3n) is 4.48. The lowest BCUT2D eigenvalue weighted by molar-refractivity contribution is 0.534. The maximum Gasteiger partial charge on any atom is 0.0486 e. The van der Waals surface area contributed by atoms with E-state index in [0.29, 0.717) is 0 Å². The molecule has 2 heteroatoms. The highest BCUT2D eigenvalue weighted by molar-refractivity contribution is 7.21. The number of hydrogen-bond acceptors (Lipinski definition) is 2. The molecule has 0 saturated carbocycles. The Hall–Kier alpha value is -1.38. The molecule has 0 spiro atoms. The summed E-state index contributed by atoms with van der Waals surface area (Å²) in [6.45, 7) is 2.42. The zero-order valence-corrected chi connectivity index (χ0v) is 13.1. The lowest BCUT2D eigenvalue weighted by Crippen LogP contribution is -2.20. The van der Waals surface area contributed by atoms with Gasteiger partial charge in [0.15, 0.2) is 0 Å². The number of fused-ring (bicyclic) bond motifs is 3. The molecule has 4 rings (SSSR count). The van der Waals surface area contributed by atoms with Crippen molar-refractivity contribution in [2.45, 2.75) is 25.2 Å². The van der Waals surface area contributed by atoms with Crippen LogP contribution in [0.15, 0.2) is 53.2 Å². The van der Waals surface area contributed by atoms with Crippen molar-refractivity contribution in [3.8, 4) is 9.75 Å². The normalized spacial score (nSPS) is 15.1. The number of benzene rings is 1. The van der Waals surface area contributed by atoms with Crippen LogP contribution in [0.3, 0.4) is 0 Å². The fourth-order valence-corrected chi connectivity index (χ4v) is 5.54.